The Hall–Kier alpha value is -5.46. The van der Waals surface area contributed by atoms with E-state index in [1.165, 1.54) is 38.7 Å². The molecule has 9 aromatic rings. The Morgan fingerprint density at radius 2 is 1.42 bits per heavy atom. The summed E-state index contributed by atoms with van der Waals surface area (Å²) in [6.07, 6.45) is 3.78. The Labute approximate surface area is 363 Å². The number of nitrogens with zero attached hydrogens (tertiary/aromatic N) is 4. The number of para-hydroxylation sites is 2. The Morgan fingerprint density at radius 1 is 0.712 bits per heavy atom. The SMILES string of the molecule is Cc1c[c-]c(-c2ccc([Si](C)(C)C)cn2)cc1.Cc1cccc2oc3c(-c4nc5ccccc5n4-c4c(C(C)C)cc(-c5ccccc5)cc4C(C)C)[c-]cnc3c12.[Ir]. The Morgan fingerprint density at radius 3 is 2.07 bits per heavy atom. The van der Waals surface area contributed by atoms with Crippen LogP contribution in [0.5, 0.6) is 0 Å². The van der Waals surface area contributed by atoms with Crippen LogP contribution in [0.2, 0.25) is 19.6 Å². The number of rotatable bonds is 7. The summed E-state index contributed by atoms with van der Waals surface area (Å²) in [5, 5.41) is 2.44. The van der Waals surface area contributed by atoms with Crippen LogP contribution in [0.25, 0.3) is 72.6 Å². The van der Waals surface area contributed by atoms with Crippen LogP contribution in [0.1, 0.15) is 61.8 Å². The Balaban J connectivity index is 0.000000247. The number of fused-ring (bicyclic) bond motifs is 4. The molecule has 0 saturated carbocycles. The van der Waals surface area contributed by atoms with E-state index in [1.54, 1.807) is 6.20 Å². The third-order valence-corrected chi connectivity index (χ3v) is 13.0. The van der Waals surface area contributed by atoms with Gasteiger partial charge in [-0.2, -0.15) is 0 Å². The van der Waals surface area contributed by atoms with Gasteiger partial charge in [0.1, 0.15) is 5.58 Å². The van der Waals surface area contributed by atoms with Gasteiger partial charge in [-0.25, -0.2) is 0 Å². The van der Waals surface area contributed by atoms with E-state index in [4.69, 9.17) is 14.4 Å². The Bertz CT molecular complexity index is 2860. The van der Waals surface area contributed by atoms with Crippen LogP contribution in [0, 0.1) is 26.0 Å². The van der Waals surface area contributed by atoms with Crippen molar-refractivity contribution < 1.29 is 24.5 Å². The number of pyridine rings is 2. The molecule has 9 rings (SSSR count). The first kappa shape index (κ1) is 41.7. The summed E-state index contributed by atoms with van der Waals surface area (Å²) in [7, 11) is -1.24. The number of hydrogen-bond acceptors (Lipinski definition) is 4. The molecule has 0 bridgehead atoms. The van der Waals surface area contributed by atoms with Crippen LogP contribution < -0.4 is 5.19 Å². The maximum Gasteiger partial charge on any atom is 0.119 e. The molecule has 0 fully saturated rings. The molecule has 4 aromatic heterocycles. The molecule has 5 nitrogen and oxygen atoms in total. The van der Waals surface area contributed by atoms with Gasteiger partial charge in [-0.05, 0) is 94.0 Å². The smallest absolute Gasteiger partial charge is 0.119 e. The molecular weight excluding hydrogens is 917 g/mol. The quantitative estimate of drug-likeness (QED) is 0.118. The molecule has 0 amide bonds. The van der Waals surface area contributed by atoms with Crippen molar-refractivity contribution in [2.24, 2.45) is 0 Å². The third kappa shape index (κ3) is 8.25. The van der Waals surface area contributed by atoms with Gasteiger partial charge in [-0.15, -0.1) is 47.0 Å². The summed E-state index contributed by atoms with van der Waals surface area (Å²) in [5.41, 5.74) is 15.8. The minimum atomic E-state index is -1.24. The maximum absolute atomic E-state index is 6.49. The van der Waals surface area contributed by atoms with Crippen LogP contribution in [0.3, 0.4) is 0 Å². The molecule has 0 unspecified atom stereocenters. The molecule has 0 spiro atoms. The minimum Gasteiger partial charge on any atom is -0.513 e. The number of imidazole rings is 1. The molecule has 5 aromatic carbocycles. The van der Waals surface area contributed by atoms with Gasteiger partial charge in [0, 0.05) is 43.2 Å². The van der Waals surface area contributed by atoms with Gasteiger partial charge in [0.15, 0.2) is 0 Å². The van der Waals surface area contributed by atoms with Crippen molar-refractivity contribution in [1.29, 1.82) is 0 Å². The van der Waals surface area contributed by atoms with Crippen LogP contribution in [-0.2, 0) is 20.1 Å². The fourth-order valence-corrected chi connectivity index (χ4v) is 8.72. The van der Waals surface area contributed by atoms with E-state index in [1.807, 2.05) is 30.5 Å². The van der Waals surface area contributed by atoms with Crippen LogP contribution in [0.4, 0.5) is 0 Å². The largest absolute Gasteiger partial charge is 0.513 e. The Kier molecular flexibility index (Phi) is 12.0. The first-order chi connectivity index (χ1) is 27.9. The normalized spacial score (nSPS) is 11.6. The zero-order chi connectivity index (χ0) is 40.7. The predicted octanol–water partition coefficient (Wildman–Crippen LogP) is 13.4. The number of aromatic nitrogens is 4. The van der Waals surface area contributed by atoms with Crippen molar-refractivity contribution in [3.63, 3.8) is 0 Å². The summed E-state index contributed by atoms with van der Waals surface area (Å²) >= 11 is 0. The van der Waals surface area contributed by atoms with Crippen molar-refractivity contribution in [2.45, 2.75) is 73.0 Å². The van der Waals surface area contributed by atoms with Crippen LogP contribution in [-0.4, -0.2) is 27.6 Å². The molecule has 299 valence electrons. The van der Waals surface area contributed by atoms with Crippen LogP contribution in [0.15, 0.2) is 132 Å². The third-order valence-electron chi connectivity index (χ3n) is 10.9. The first-order valence-corrected chi connectivity index (χ1v) is 23.7. The predicted molar refractivity (Wildman–Crippen MR) is 245 cm³/mol. The summed E-state index contributed by atoms with van der Waals surface area (Å²) in [4.78, 5) is 14.5. The average Bonchev–Trinajstić information content (AvgIpc) is 3.80. The zero-order valence-electron chi connectivity index (χ0n) is 35.3. The number of benzene rings is 5. The fourth-order valence-electron chi connectivity index (χ4n) is 7.68. The molecule has 4 heterocycles. The van der Waals surface area contributed by atoms with Crippen molar-refractivity contribution in [3.8, 4) is 39.5 Å². The van der Waals surface area contributed by atoms with E-state index in [0.717, 1.165) is 55.7 Å². The second-order valence-corrected chi connectivity index (χ2v) is 22.0. The van der Waals surface area contributed by atoms with Gasteiger partial charge in [0.05, 0.1) is 30.2 Å². The zero-order valence-corrected chi connectivity index (χ0v) is 38.7. The summed E-state index contributed by atoms with van der Waals surface area (Å²) in [5.74, 6) is 1.39. The number of aryl methyl sites for hydroxylation is 2. The molecule has 7 heteroatoms. The van der Waals surface area contributed by atoms with Gasteiger partial charge in [0.2, 0.25) is 0 Å². The molecule has 0 aliphatic rings. The molecule has 0 N–H and O–H groups in total. The van der Waals surface area contributed by atoms with Gasteiger partial charge in [-0.3, -0.25) is 9.97 Å². The van der Waals surface area contributed by atoms with Crippen LogP contribution >= 0.6 is 0 Å². The minimum absolute atomic E-state index is 0. The molecule has 0 saturated heterocycles. The van der Waals surface area contributed by atoms with E-state index in [0.29, 0.717) is 5.58 Å². The number of hydrogen-bond donors (Lipinski definition) is 0. The van der Waals surface area contributed by atoms with Gasteiger partial charge in [0.25, 0.3) is 0 Å². The van der Waals surface area contributed by atoms with Crippen molar-refractivity contribution in [3.05, 3.63) is 162 Å². The summed E-state index contributed by atoms with van der Waals surface area (Å²) < 4.78 is 8.82. The summed E-state index contributed by atoms with van der Waals surface area (Å²) in [6.45, 7) is 20.3. The van der Waals surface area contributed by atoms with E-state index in [2.05, 4.69) is 174 Å². The van der Waals surface area contributed by atoms with E-state index in [-0.39, 0.29) is 31.9 Å². The molecule has 0 aliphatic heterocycles. The monoisotopic (exact) mass is 967 g/mol. The first-order valence-electron chi connectivity index (χ1n) is 20.2. The summed E-state index contributed by atoms with van der Waals surface area (Å²) in [6, 6.07) is 47.1. The standard InChI is InChI=1S/C37H32N3O.C15H18NSi.Ir/c1-22(2)28-20-26(25-13-7-6-8-14-25)21-29(23(3)4)35(28)40-31-16-10-9-15-30(31)39-37(40)27-18-19-38-34-33-24(5)12-11-17-32(33)41-36(27)34;1-12-5-7-13(8-6-12)15-10-9-14(11-16-15)17(2,3)4;/h6-17,19-23H,1-5H3;5-7,9-11H,1-4H3;/q2*-1;. The van der Waals surface area contributed by atoms with Crippen molar-refractivity contribution in [1.82, 2.24) is 19.5 Å². The average molecular weight is 967 g/mol. The van der Waals surface area contributed by atoms with E-state index >= 15 is 0 Å². The molecule has 1 radical (unpaired) electrons. The second kappa shape index (κ2) is 17.0. The fraction of sp³-hybridized carbons (Fsp3) is 0.212. The topological polar surface area (TPSA) is 56.7 Å². The van der Waals surface area contributed by atoms with Gasteiger partial charge in [-0.1, -0.05) is 121 Å². The molecule has 59 heavy (non-hydrogen) atoms. The second-order valence-electron chi connectivity index (χ2n) is 16.9. The molecule has 0 atom stereocenters. The number of furan rings is 1. The maximum atomic E-state index is 6.49. The van der Waals surface area contributed by atoms with Crippen molar-refractivity contribution in [2.75, 3.05) is 0 Å². The van der Waals surface area contributed by atoms with E-state index in [9.17, 15) is 0 Å². The van der Waals surface area contributed by atoms with Gasteiger partial charge >= 0.3 is 0 Å². The van der Waals surface area contributed by atoms with E-state index < -0.39 is 8.07 Å². The van der Waals surface area contributed by atoms with Crippen molar-refractivity contribution >= 4 is 46.4 Å². The molecule has 0 aliphatic carbocycles. The molecular formula is C52H50IrN4OSi-2. The van der Waals surface area contributed by atoms with Gasteiger partial charge < -0.3 is 14.0 Å².